The zero-order valence-corrected chi connectivity index (χ0v) is 16.6. The van der Waals surface area contributed by atoms with Crippen molar-refractivity contribution in [1.82, 2.24) is 4.31 Å². The van der Waals surface area contributed by atoms with E-state index in [1.54, 1.807) is 0 Å². The fraction of sp³-hybridized carbons (Fsp3) is 0.316. The third-order valence-corrected chi connectivity index (χ3v) is 6.76. The highest BCUT2D eigenvalue weighted by Gasteiger charge is 2.29. The molecule has 0 spiro atoms. The van der Waals surface area contributed by atoms with Crippen LogP contribution in [0.1, 0.15) is 41.8 Å². The molecule has 0 N–H and O–H groups in total. The molecule has 3 rings (SSSR count). The number of benzene rings is 2. The van der Waals surface area contributed by atoms with E-state index in [0.29, 0.717) is 13.1 Å². The smallest absolute Gasteiger partial charge is 0.340 e. The van der Waals surface area contributed by atoms with Gasteiger partial charge in [-0.1, -0.05) is 11.6 Å². The number of halogens is 3. The number of rotatable bonds is 5. The van der Waals surface area contributed by atoms with Crippen molar-refractivity contribution in [1.29, 1.82) is 0 Å². The number of ether oxygens (including phenoxy) is 1. The molecule has 0 bridgehead atoms. The summed E-state index contributed by atoms with van der Waals surface area (Å²) >= 11 is 6.04. The lowest BCUT2D eigenvalue weighted by atomic mass is 10.1. The standard InChI is InChI=1S/C19H18ClF2NO4S/c1-12(15-10-13(21)4-7-18(15)22)27-19(24)16-11-14(5-6-17(16)20)28(25,26)23-8-2-3-9-23/h4-7,10-12H,2-3,8-9H2,1H3. The Bertz CT molecular complexity index is 1010. The lowest BCUT2D eigenvalue weighted by molar-refractivity contribution is 0.0330. The third-order valence-electron chi connectivity index (χ3n) is 4.54. The highest BCUT2D eigenvalue weighted by Crippen LogP contribution is 2.28. The first-order chi connectivity index (χ1) is 13.2. The van der Waals surface area contributed by atoms with Gasteiger partial charge in [-0.3, -0.25) is 0 Å². The summed E-state index contributed by atoms with van der Waals surface area (Å²) in [6.07, 6.45) is 0.453. The van der Waals surface area contributed by atoms with Gasteiger partial charge in [-0.2, -0.15) is 4.31 Å². The van der Waals surface area contributed by atoms with E-state index in [1.807, 2.05) is 0 Å². The minimum absolute atomic E-state index is 0.00251. The van der Waals surface area contributed by atoms with E-state index >= 15 is 0 Å². The molecule has 2 aromatic carbocycles. The van der Waals surface area contributed by atoms with Gasteiger partial charge in [0.2, 0.25) is 10.0 Å². The number of esters is 1. The van der Waals surface area contributed by atoms with Crippen LogP contribution in [0.15, 0.2) is 41.3 Å². The van der Waals surface area contributed by atoms with Crippen molar-refractivity contribution in [3.05, 3.63) is 64.2 Å². The molecule has 0 aliphatic carbocycles. The van der Waals surface area contributed by atoms with Crippen molar-refractivity contribution < 1.29 is 26.7 Å². The van der Waals surface area contributed by atoms with Gasteiger partial charge in [0.1, 0.15) is 17.7 Å². The Balaban J connectivity index is 1.86. The molecular formula is C19H18ClF2NO4S. The summed E-state index contributed by atoms with van der Waals surface area (Å²) in [5, 5.41) is -0.00251. The van der Waals surface area contributed by atoms with Crippen LogP contribution in [0.4, 0.5) is 8.78 Å². The van der Waals surface area contributed by atoms with Crippen LogP contribution in [0.2, 0.25) is 5.02 Å². The van der Waals surface area contributed by atoms with Crippen molar-refractivity contribution in [3.8, 4) is 0 Å². The van der Waals surface area contributed by atoms with Crippen LogP contribution in [-0.4, -0.2) is 31.8 Å². The van der Waals surface area contributed by atoms with Crippen molar-refractivity contribution in [2.45, 2.75) is 30.8 Å². The molecule has 0 aromatic heterocycles. The summed E-state index contributed by atoms with van der Waals surface area (Å²) in [6, 6.07) is 6.59. The van der Waals surface area contributed by atoms with Gasteiger partial charge in [-0.15, -0.1) is 0 Å². The zero-order chi connectivity index (χ0) is 20.5. The van der Waals surface area contributed by atoms with Crippen molar-refractivity contribution in [2.24, 2.45) is 0 Å². The van der Waals surface area contributed by atoms with E-state index in [0.717, 1.165) is 37.1 Å². The molecule has 2 aromatic rings. The number of sulfonamides is 1. The van der Waals surface area contributed by atoms with Crippen LogP contribution in [0, 0.1) is 11.6 Å². The van der Waals surface area contributed by atoms with Crippen molar-refractivity contribution in [2.75, 3.05) is 13.1 Å². The fourth-order valence-corrected chi connectivity index (χ4v) is 4.75. The Labute approximate surface area is 166 Å². The van der Waals surface area contributed by atoms with Gasteiger partial charge in [-0.05, 0) is 56.2 Å². The Hall–Kier alpha value is -2.03. The average Bonchev–Trinajstić information content (AvgIpc) is 3.19. The maximum atomic E-state index is 13.9. The summed E-state index contributed by atoms with van der Waals surface area (Å²) in [7, 11) is -3.75. The molecule has 1 aliphatic rings. The predicted molar refractivity (Wildman–Crippen MR) is 99.6 cm³/mol. The molecule has 1 saturated heterocycles. The Kier molecular flexibility index (Phi) is 6.02. The quantitative estimate of drug-likeness (QED) is 0.664. The van der Waals surface area contributed by atoms with E-state index in [-0.39, 0.29) is 21.0 Å². The number of carbonyl (C=O) groups is 1. The van der Waals surface area contributed by atoms with Gasteiger partial charge in [-0.25, -0.2) is 22.0 Å². The molecule has 9 heteroatoms. The molecule has 1 unspecified atom stereocenters. The molecule has 1 aliphatic heterocycles. The molecule has 0 radical (unpaired) electrons. The van der Waals surface area contributed by atoms with E-state index < -0.39 is 33.7 Å². The molecule has 28 heavy (non-hydrogen) atoms. The summed E-state index contributed by atoms with van der Waals surface area (Å²) in [5.74, 6) is -2.33. The normalized spacial score (nSPS) is 16.1. The average molecular weight is 430 g/mol. The molecule has 0 saturated carbocycles. The Morgan fingerprint density at radius 2 is 1.82 bits per heavy atom. The highest BCUT2D eigenvalue weighted by molar-refractivity contribution is 7.89. The maximum absolute atomic E-state index is 13.9. The fourth-order valence-electron chi connectivity index (χ4n) is 3.01. The van der Waals surface area contributed by atoms with Crippen LogP contribution in [-0.2, 0) is 14.8 Å². The third kappa shape index (κ3) is 4.19. The largest absolute Gasteiger partial charge is 0.454 e. The van der Waals surface area contributed by atoms with E-state index in [1.165, 1.54) is 23.4 Å². The summed E-state index contributed by atoms with van der Waals surface area (Å²) in [4.78, 5) is 12.4. The monoisotopic (exact) mass is 429 g/mol. The Morgan fingerprint density at radius 3 is 2.50 bits per heavy atom. The van der Waals surface area contributed by atoms with Gasteiger partial charge < -0.3 is 4.74 Å². The second kappa shape index (κ2) is 8.14. The van der Waals surface area contributed by atoms with E-state index in [2.05, 4.69) is 0 Å². The lowest BCUT2D eigenvalue weighted by Crippen LogP contribution is -2.28. The topological polar surface area (TPSA) is 63.7 Å². The summed E-state index contributed by atoms with van der Waals surface area (Å²) in [5.41, 5.74) is -0.295. The van der Waals surface area contributed by atoms with Crippen LogP contribution in [0.25, 0.3) is 0 Å². The van der Waals surface area contributed by atoms with Crippen molar-refractivity contribution >= 4 is 27.6 Å². The van der Waals surface area contributed by atoms with E-state index in [9.17, 15) is 22.0 Å². The van der Waals surface area contributed by atoms with E-state index in [4.69, 9.17) is 16.3 Å². The minimum atomic E-state index is -3.75. The molecular weight excluding hydrogens is 412 g/mol. The molecule has 5 nitrogen and oxygen atoms in total. The molecule has 0 amide bonds. The van der Waals surface area contributed by atoms with Gasteiger partial charge in [0, 0.05) is 18.7 Å². The van der Waals surface area contributed by atoms with Crippen LogP contribution in [0.5, 0.6) is 0 Å². The first kappa shape index (κ1) is 20.7. The van der Waals surface area contributed by atoms with Gasteiger partial charge >= 0.3 is 5.97 Å². The first-order valence-electron chi connectivity index (χ1n) is 8.66. The molecule has 1 atom stereocenters. The maximum Gasteiger partial charge on any atom is 0.340 e. The van der Waals surface area contributed by atoms with Gasteiger partial charge in [0.15, 0.2) is 0 Å². The lowest BCUT2D eigenvalue weighted by Gasteiger charge is -2.18. The van der Waals surface area contributed by atoms with Crippen molar-refractivity contribution in [3.63, 3.8) is 0 Å². The predicted octanol–water partition coefficient (Wildman–Crippen LogP) is 4.32. The molecule has 1 heterocycles. The first-order valence-corrected chi connectivity index (χ1v) is 10.5. The summed E-state index contributed by atoms with van der Waals surface area (Å²) in [6.45, 7) is 2.22. The summed E-state index contributed by atoms with van der Waals surface area (Å²) < 4.78 is 59.1. The SMILES string of the molecule is CC(OC(=O)c1cc(S(=O)(=O)N2CCCC2)ccc1Cl)c1cc(F)ccc1F. The van der Waals surface area contributed by atoms with Crippen LogP contribution >= 0.6 is 11.6 Å². The van der Waals surface area contributed by atoms with Gasteiger partial charge in [0.05, 0.1) is 15.5 Å². The molecule has 150 valence electrons. The number of carbonyl (C=O) groups excluding carboxylic acids is 1. The number of nitrogens with zero attached hydrogens (tertiary/aromatic N) is 1. The van der Waals surface area contributed by atoms with Gasteiger partial charge in [0.25, 0.3) is 0 Å². The minimum Gasteiger partial charge on any atom is -0.454 e. The second-order valence-electron chi connectivity index (χ2n) is 6.47. The van der Waals surface area contributed by atoms with Crippen LogP contribution < -0.4 is 0 Å². The second-order valence-corrected chi connectivity index (χ2v) is 8.81. The van der Waals surface area contributed by atoms with Crippen LogP contribution in [0.3, 0.4) is 0 Å². The molecule has 1 fully saturated rings. The number of hydrogen-bond donors (Lipinski definition) is 0. The number of hydrogen-bond acceptors (Lipinski definition) is 4. The highest BCUT2D eigenvalue weighted by atomic mass is 35.5. The zero-order valence-electron chi connectivity index (χ0n) is 15.0. The Morgan fingerprint density at radius 1 is 1.14 bits per heavy atom.